The average Bonchev–Trinajstić information content (AvgIpc) is 2.59. The highest BCUT2D eigenvalue weighted by molar-refractivity contribution is 5.83. The number of hydrogen-bond acceptors (Lipinski definition) is 1. The predicted octanol–water partition coefficient (Wildman–Crippen LogP) is 3.88. The second kappa shape index (κ2) is 3.48. The molecular weight excluding hydrogens is 229 g/mol. The highest BCUT2D eigenvalue weighted by Crippen LogP contribution is 2.36. The molecule has 5 heteroatoms. The first-order valence-corrected chi connectivity index (χ1v) is 5.24. The van der Waals surface area contributed by atoms with Crippen LogP contribution in [0.15, 0.2) is 18.3 Å². The van der Waals surface area contributed by atoms with Crippen molar-refractivity contribution in [1.29, 1.82) is 0 Å². The quantitative estimate of drug-likeness (QED) is 0.746. The zero-order valence-electron chi connectivity index (χ0n) is 9.81. The van der Waals surface area contributed by atoms with Crippen molar-refractivity contribution in [1.82, 2.24) is 10.2 Å². The van der Waals surface area contributed by atoms with Gasteiger partial charge in [-0.1, -0.05) is 20.8 Å². The van der Waals surface area contributed by atoms with Gasteiger partial charge in [0.25, 0.3) is 0 Å². The van der Waals surface area contributed by atoms with E-state index in [1.807, 2.05) is 20.8 Å². The molecule has 0 aliphatic carbocycles. The molecule has 0 aliphatic rings. The van der Waals surface area contributed by atoms with Crippen LogP contribution in [0.25, 0.3) is 10.9 Å². The van der Waals surface area contributed by atoms with Gasteiger partial charge in [0.15, 0.2) is 0 Å². The lowest BCUT2D eigenvalue weighted by molar-refractivity contribution is -0.137. The zero-order valence-corrected chi connectivity index (χ0v) is 9.81. The van der Waals surface area contributed by atoms with Crippen molar-refractivity contribution in [3.63, 3.8) is 0 Å². The summed E-state index contributed by atoms with van der Waals surface area (Å²) < 4.78 is 38.3. The molecule has 0 saturated heterocycles. The number of aromatic nitrogens is 2. The van der Waals surface area contributed by atoms with E-state index in [2.05, 4.69) is 10.2 Å². The summed E-state index contributed by atoms with van der Waals surface area (Å²) in [7, 11) is 0. The molecule has 0 atom stereocenters. The Morgan fingerprint density at radius 3 is 2.29 bits per heavy atom. The summed E-state index contributed by atoms with van der Waals surface area (Å²) >= 11 is 0. The van der Waals surface area contributed by atoms with E-state index in [0.717, 1.165) is 11.5 Å². The first-order valence-electron chi connectivity index (χ1n) is 5.24. The number of nitrogens with one attached hydrogen (secondary N) is 1. The molecule has 2 aromatic rings. The van der Waals surface area contributed by atoms with Gasteiger partial charge in [0, 0.05) is 5.39 Å². The number of hydrogen-bond donors (Lipinski definition) is 1. The topological polar surface area (TPSA) is 28.7 Å². The number of aromatic amines is 1. The summed E-state index contributed by atoms with van der Waals surface area (Å²) in [6.07, 6.45) is -2.77. The van der Waals surface area contributed by atoms with Crippen LogP contribution >= 0.6 is 0 Å². The van der Waals surface area contributed by atoms with Crippen LogP contribution in [0.2, 0.25) is 0 Å². The first kappa shape index (κ1) is 12.0. The number of alkyl halides is 3. The summed E-state index contributed by atoms with van der Waals surface area (Å²) in [5, 5.41) is 7.14. The molecule has 1 aromatic carbocycles. The van der Waals surface area contributed by atoms with Gasteiger partial charge in [-0.2, -0.15) is 18.3 Å². The molecule has 1 heterocycles. The van der Waals surface area contributed by atoms with Crippen LogP contribution in [0.3, 0.4) is 0 Å². The van der Waals surface area contributed by atoms with E-state index >= 15 is 0 Å². The van der Waals surface area contributed by atoms with E-state index in [-0.39, 0.29) is 5.41 Å². The lowest BCUT2D eigenvalue weighted by Crippen LogP contribution is -2.14. The largest absolute Gasteiger partial charge is 0.416 e. The monoisotopic (exact) mass is 242 g/mol. The average molecular weight is 242 g/mol. The summed E-state index contributed by atoms with van der Waals surface area (Å²) in [5.41, 5.74) is 0.0728. The molecule has 0 radical (unpaired) electrons. The molecular formula is C12H13F3N2. The molecule has 1 aromatic heterocycles. The molecule has 92 valence electrons. The van der Waals surface area contributed by atoms with Crippen molar-refractivity contribution in [2.24, 2.45) is 0 Å². The molecule has 0 bridgehead atoms. The number of rotatable bonds is 0. The molecule has 0 amide bonds. The van der Waals surface area contributed by atoms with Crippen molar-refractivity contribution in [3.05, 3.63) is 29.5 Å². The Bertz CT molecular complexity index is 547. The summed E-state index contributed by atoms with van der Waals surface area (Å²) in [4.78, 5) is 0. The minimum absolute atomic E-state index is 0.358. The van der Waals surface area contributed by atoms with E-state index in [4.69, 9.17) is 0 Å². The molecule has 0 fully saturated rings. The van der Waals surface area contributed by atoms with Crippen LogP contribution in [-0.2, 0) is 11.6 Å². The molecule has 17 heavy (non-hydrogen) atoms. The number of benzene rings is 1. The zero-order chi connectivity index (χ0) is 12.8. The minimum Gasteiger partial charge on any atom is -0.278 e. The van der Waals surface area contributed by atoms with Gasteiger partial charge in [0.1, 0.15) is 0 Å². The van der Waals surface area contributed by atoms with Crippen molar-refractivity contribution in [2.75, 3.05) is 0 Å². The molecule has 0 spiro atoms. The maximum absolute atomic E-state index is 12.8. The van der Waals surface area contributed by atoms with E-state index in [9.17, 15) is 13.2 Å². The van der Waals surface area contributed by atoms with Crippen molar-refractivity contribution >= 4 is 10.9 Å². The van der Waals surface area contributed by atoms with E-state index in [1.54, 1.807) is 6.20 Å². The van der Waals surface area contributed by atoms with E-state index < -0.39 is 11.7 Å². The fraction of sp³-hybridized carbons (Fsp3) is 0.417. The second-order valence-electron chi connectivity index (χ2n) is 5.10. The molecule has 0 saturated carbocycles. The minimum atomic E-state index is -4.33. The maximum atomic E-state index is 12.8. The van der Waals surface area contributed by atoms with Crippen LogP contribution in [0, 0.1) is 0 Å². The smallest absolute Gasteiger partial charge is 0.278 e. The molecule has 0 aliphatic heterocycles. The Balaban J connectivity index is 2.76. The van der Waals surface area contributed by atoms with E-state index in [0.29, 0.717) is 11.1 Å². The van der Waals surface area contributed by atoms with Crippen molar-refractivity contribution in [3.8, 4) is 0 Å². The standard InChI is InChI=1S/C12H13F3N2/c1-11(2,3)9-4-7(12(13,14)15)5-10-8(9)6-16-17-10/h4-6H,1-3H3,(H,16,17). The van der Waals surface area contributed by atoms with E-state index in [1.165, 1.54) is 6.07 Å². The molecule has 2 rings (SSSR count). The van der Waals surface area contributed by atoms with Crippen molar-refractivity contribution in [2.45, 2.75) is 32.4 Å². The van der Waals surface area contributed by atoms with Gasteiger partial charge >= 0.3 is 6.18 Å². The fourth-order valence-corrected chi connectivity index (χ4v) is 1.84. The normalized spacial score (nSPS) is 13.3. The SMILES string of the molecule is CC(C)(C)c1cc(C(F)(F)F)cc2[nH]ncc12. The van der Waals surface area contributed by atoms with Crippen LogP contribution in [0.4, 0.5) is 13.2 Å². The van der Waals surface area contributed by atoms with Gasteiger partial charge in [0.2, 0.25) is 0 Å². The van der Waals surface area contributed by atoms with Gasteiger partial charge in [-0.05, 0) is 23.1 Å². The Kier molecular flexibility index (Phi) is 2.45. The van der Waals surface area contributed by atoms with Crippen LogP contribution in [-0.4, -0.2) is 10.2 Å². The molecule has 1 N–H and O–H groups in total. The van der Waals surface area contributed by atoms with Gasteiger partial charge < -0.3 is 0 Å². The Hall–Kier alpha value is -1.52. The van der Waals surface area contributed by atoms with Crippen LogP contribution in [0.1, 0.15) is 31.9 Å². The second-order valence-corrected chi connectivity index (χ2v) is 5.10. The van der Waals surface area contributed by atoms with Crippen LogP contribution < -0.4 is 0 Å². The number of fused-ring (bicyclic) bond motifs is 1. The highest BCUT2D eigenvalue weighted by atomic mass is 19.4. The summed E-state index contributed by atoms with van der Waals surface area (Å²) in [5.74, 6) is 0. The Labute approximate surface area is 96.8 Å². The lowest BCUT2D eigenvalue weighted by Gasteiger charge is -2.21. The third-order valence-electron chi connectivity index (χ3n) is 2.69. The third kappa shape index (κ3) is 2.14. The Morgan fingerprint density at radius 1 is 1.12 bits per heavy atom. The molecule has 0 unspecified atom stereocenters. The first-order chi connectivity index (χ1) is 7.69. The number of halogens is 3. The van der Waals surface area contributed by atoms with Gasteiger partial charge in [-0.3, -0.25) is 5.10 Å². The predicted molar refractivity (Wildman–Crippen MR) is 59.8 cm³/mol. The van der Waals surface area contributed by atoms with Gasteiger partial charge in [-0.15, -0.1) is 0 Å². The molecule has 2 nitrogen and oxygen atoms in total. The van der Waals surface area contributed by atoms with Gasteiger partial charge in [0.05, 0.1) is 17.3 Å². The summed E-state index contributed by atoms with van der Waals surface area (Å²) in [6, 6.07) is 2.30. The number of H-pyrrole nitrogens is 1. The Morgan fingerprint density at radius 2 is 1.76 bits per heavy atom. The third-order valence-corrected chi connectivity index (χ3v) is 2.69. The maximum Gasteiger partial charge on any atom is 0.416 e. The fourth-order valence-electron chi connectivity index (χ4n) is 1.84. The number of nitrogens with zero attached hydrogens (tertiary/aromatic N) is 1. The highest BCUT2D eigenvalue weighted by Gasteiger charge is 2.33. The van der Waals surface area contributed by atoms with Gasteiger partial charge in [-0.25, -0.2) is 0 Å². The summed E-state index contributed by atoms with van der Waals surface area (Å²) in [6.45, 7) is 5.65. The van der Waals surface area contributed by atoms with Crippen molar-refractivity contribution < 1.29 is 13.2 Å². The van der Waals surface area contributed by atoms with Crippen LogP contribution in [0.5, 0.6) is 0 Å². The lowest BCUT2D eigenvalue weighted by atomic mass is 9.84.